The molecule has 1 unspecified atom stereocenters. The normalized spacial score (nSPS) is 18.5. The topological polar surface area (TPSA) is 51.2 Å². The lowest BCUT2D eigenvalue weighted by atomic mass is 10.0. The molecule has 1 saturated carbocycles. The van der Waals surface area contributed by atoms with Gasteiger partial charge in [0.1, 0.15) is 11.5 Å². The second-order valence-corrected chi connectivity index (χ2v) is 4.27. The predicted octanol–water partition coefficient (Wildman–Crippen LogP) is 2.20. The van der Waals surface area contributed by atoms with E-state index in [9.17, 15) is 0 Å². The minimum Gasteiger partial charge on any atom is -0.466 e. The maximum atomic E-state index is 5.57. The summed E-state index contributed by atoms with van der Waals surface area (Å²) in [5.41, 5.74) is 4.10. The van der Waals surface area contributed by atoms with Crippen molar-refractivity contribution in [1.29, 1.82) is 0 Å². The SMILES string of the molecule is Cc1cc(C(CC2CC2)NN)c(C)o1. The van der Waals surface area contributed by atoms with Gasteiger partial charge in [-0.15, -0.1) is 0 Å². The summed E-state index contributed by atoms with van der Waals surface area (Å²) in [6.45, 7) is 3.97. The maximum absolute atomic E-state index is 5.57. The first-order chi connectivity index (χ1) is 6.70. The zero-order valence-electron chi connectivity index (χ0n) is 8.84. The van der Waals surface area contributed by atoms with Gasteiger partial charge >= 0.3 is 0 Å². The Morgan fingerprint density at radius 3 is 2.71 bits per heavy atom. The van der Waals surface area contributed by atoms with Gasteiger partial charge in [0, 0.05) is 11.6 Å². The minimum atomic E-state index is 0.264. The number of aryl methyl sites for hydroxylation is 2. The Labute approximate surface area is 84.6 Å². The first-order valence-electron chi connectivity index (χ1n) is 5.23. The molecular formula is C11H18N2O. The molecule has 1 heterocycles. The van der Waals surface area contributed by atoms with Crippen molar-refractivity contribution in [2.45, 2.75) is 39.2 Å². The molecule has 0 radical (unpaired) electrons. The van der Waals surface area contributed by atoms with Crippen LogP contribution in [0.1, 0.15) is 42.4 Å². The number of furan rings is 1. The van der Waals surface area contributed by atoms with Crippen molar-refractivity contribution >= 4 is 0 Å². The summed E-state index contributed by atoms with van der Waals surface area (Å²) in [7, 11) is 0. The van der Waals surface area contributed by atoms with Crippen molar-refractivity contribution in [2.24, 2.45) is 11.8 Å². The molecule has 1 atom stereocenters. The fraction of sp³-hybridized carbons (Fsp3) is 0.636. The molecule has 0 saturated heterocycles. The first-order valence-corrected chi connectivity index (χ1v) is 5.23. The van der Waals surface area contributed by atoms with Gasteiger partial charge in [-0.3, -0.25) is 11.3 Å². The summed E-state index contributed by atoms with van der Waals surface area (Å²) in [5, 5.41) is 0. The lowest BCUT2D eigenvalue weighted by molar-refractivity contribution is 0.461. The monoisotopic (exact) mass is 194 g/mol. The van der Waals surface area contributed by atoms with Gasteiger partial charge in [-0.2, -0.15) is 0 Å². The third-order valence-electron chi connectivity index (χ3n) is 2.92. The van der Waals surface area contributed by atoms with Crippen molar-refractivity contribution in [3.8, 4) is 0 Å². The Hall–Kier alpha value is -0.800. The molecule has 0 bridgehead atoms. The van der Waals surface area contributed by atoms with Gasteiger partial charge in [0.05, 0.1) is 0 Å². The zero-order valence-corrected chi connectivity index (χ0v) is 8.84. The molecule has 3 heteroatoms. The predicted molar refractivity (Wildman–Crippen MR) is 55.6 cm³/mol. The van der Waals surface area contributed by atoms with E-state index in [2.05, 4.69) is 11.5 Å². The van der Waals surface area contributed by atoms with Crippen LogP contribution in [-0.2, 0) is 0 Å². The quantitative estimate of drug-likeness (QED) is 0.570. The lowest BCUT2D eigenvalue weighted by Crippen LogP contribution is -2.28. The summed E-state index contributed by atoms with van der Waals surface area (Å²) < 4.78 is 5.50. The summed E-state index contributed by atoms with van der Waals surface area (Å²) >= 11 is 0. The Kier molecular flexibility index (Phi) is 2.61. The van der Waals surface area contributed by atoms with Crippen LogP contribution in [0.25, 0.3) is 0 Å². The van der Waals surface area contributed by atoms with Crippen LogP contribution < -0.4 is 11.3 Å². The van der Waals surface area contributed by atoms with Crippen LogP contribution in [0, 0.1) is 19.8 Å². The van der Waals surface area contributed by atoms with Crippen LogP contribution in [0.15, 0.2) is 10.5 Å². The molecule has 0 spiro atoms. The van der Waals surface area contributed by atoms with Crippen molar-refractivity contribution in [1.82, 2.24) is 5.43 Å². The Morgan fingerprint density at radius 1 is 1.57 bits per heavy atom. The zero-order chi connectivity index (χ0) is 10.1. The van der Waals surface area contributed by atoms with E-state index in [0.29, 0.717) is 0 Å². The van der Waals surface area contributed by atoms with Gasteiger partial charge in [0.15, 0.2) is 0 Å². The highest BCUT2D eigenvalue weighted by atomic mass is 16.3. The lowest BCUT2D eigenvalue weighted by Gasteiger charge is -2.14. The van der Waals surface area contributed by atoms with Gasteiger partial charge in [0.25, 0.3) is 0 Å². The molecule has 3 nitrogen and oxygen atoms in total. The van der Waals surface area contributed by atoms with E-state index in [1.54, 1.807) is 0 Å². The molecule has 1 aromatic heterocycles. The molecule has 0 amide bonds. The van der Waals surface area contributed by atoms with E-state index >= 15 is 0 Å². The van der Waals surface area contributed by atoms with Crippen LogP contribution in [0.2, 0.25) is 0 Å². The van der Waals surface area contributed by atoms with E-state index in [1.165, 1.54) is 18.4 Å². The molecular weight excluding hydrogens is 176 g/mol. The highest BCUT2D eigenvalue weighted by molar-refractivity contribution is 5.24. The van der Waals surface area contributed by atoms with Crippen molar-refractivity contribution < 1.29 is 4.42 Å². The van der Waals surface area contributed by atoms with Gasteiger partial charge in [0.2, 0.25) is 0 Å². The van der Waals surface area contributed by atoms with E-state index in [1.807, 2.05) is 13.8 Å². The van der Waals surface area contributed by atoms with Crippen molar-refractivity contribution in [3.05, 3.63) is 23.2 Å². The third kappa shape index (κ3) is 1.99. The highest BCUT2D eigenvalue weighted by Gasteiger charge is 2.27. The van der Waals surface area contributed by atoms with Crippen LogP contribution in [0.4, 0.5) is 0 Å². The van der Waals surface area contributed by atoms with E-state index < -0.39 is 0 Å². The number of hydrogen-bond donors (Lipinski definition) is 2. The molecule has 1 aliphatic carbocycles. The summed E-state index contributed by atoms with van der Waals surface area (Å²) in [4.78, 5) is 0. The number of nitrogens with one attached hydrogen (secondary N) is 1. The number of rotatable bonds is 4. The minimum absolute atomic E-state index is 0.264. The molecule has 1 aromatic rings. The van der Waals surface area contributed by atoms with Gasteiger partial charge in [-0.25, -0.2) is 0 Å². The number of nitrogens with two attached hydrogens (primary N) is 1. The van der Waals surface area contributed by atoms with Crippen LogP contribution in [-0.4, -0.2) is 0 Å². The first kappa shape index (κ1) is 9.74. The second-order valence-electron chi connectivity index (χ2n) is 4.27. The summed E-state index contributed by atoms with van der Waals surface area (Å²) in [6, 6.07) is 2.35. The van der Waals surface area contributed by atoms with Crippen molar-refractivity contribution in [3.63, 3.8) is 0 Å². The standard InChI is InChI=1S/C11H18N2O/c1-7-5-10(8(2)14-7)11(13-12)6-9-3-4-9/h5,9,11,13H,3-4,6,12H2,1-2H3. The molecule has 1 aliphatic rings. The molecule has 2 rings (SSSR count). The van der Waals surface area contributed by atoms with Gasteiger partial charge < -0.3 is 4.42 Å². The Balaban J connectivity index is 2.12. The smallest absolute Gasteiger partial charge is 0.105 e. The Morgan fingerprint density at radius 2 is 2.29 bits per heavy atom. The number of hydrogen-bond acceptors (Lipinski definition) is 3. The third-order valence-corrected chi connectivity index (χ3v) is 2.92. The summed E-state index contributed by atoms with van der Waals surface area (Å²) in [5.74, 6) is 8.39. The molecule has 78 valence electrons. The Bertz CT molecular complexity index is 315. The average molecular weight is 194 g/mol. The van der Waals surface area contributed by atoms with E-state index in [-0.39, 0.29) is 6.04 Å². The molecule has 14 heavy (non-hydrogen) atoms. The summed E-state index contributed by atoms with van der Waals surface area (Å²) in [6.07, 6.45) is 3.85. The molecule has 1 fully saturated rings. The van der Waals surface area contributed by atoms with Crippen LogP contribution in [0.5, 0.6) is 0 Å². The van der Waals surface area contributed by atoms with Crippen LogP contribution in [0.3, 0.4) is 0 Å². The van der Waals surface area contributed by atoms with Gasteiger partial charge in [-0.05, 0) is 32.3 Å². The molecule has 0 aromatic carbocycles. The average Bonchev–Trinajstić information content (AvgIpc) is 2.89. The van der Waals surface area contributed by atoms with Crippen molar-refractivity contribution in [2.75, 3.05) is 0 Å². The fourth-order valence-corrected chi connectivity index (χ4v) is 1.97. The highest BCUT2D eigenvalue weighted by Crippen LogP contribution is 2.38. The maximum Gasteiger partial charge on any atom is 0.105 e. The van der Waals surface area contributed by atoms with Crippen LogP contribution >= 0.6 is 0 Å². The van der Waals surface area contributed by atoms with Gasteiger partial charge in [-0.1, -0.05) is 12.8 Å². The van der Waals surface area contributed by atoms with E-state index in [0.717, 1.165) is 23.9 Å². The number of hydrazine groups is 1. The molecule has 3 N–H and O–H groups in total. The molecule has 0 aliphatic heterocycles. The second kappa shape index (κ2) is 3.75. The fourth-order valence-electron chi connectivity index (χ4n) is 1.97. The van der Waals surface area contributed by atoms with E-state index in [4.69, 9.17) is 10.3 Å². The largest absolute Gasteiger partial charge is 0.466 e.